The largest absolute Gasteiger partial charge is 0.398 e. The lowest BCUT2D eigenvalue weighted by Crippen LogP contribution is -2.26. The van der Waals surface area contributed by atoms with E-state index in [-0.39, 0.29) is 23.1 Å². The number of aryl methyl sites for hydroxylation is 2. The first-order chi connectivity index (χ1) is 9.27. The van der Waals surface area contributed by atoms with Crippen LogP contribution in [0.5, 0.6) is 0 Å². The predicted molar refractivity (Wildman–Crippen MR) is 81.0 cm³/mol. The summed E-state index contributed by atoms with van der Waals surface area (Å²) in [6.45, 7) is 6.15. The van der Waals surface area contributed by atoms with E-state index in [9.17, 15) is 8.42 Å². The number of aliphatic hydroxyl groups is 1. The van der Waals surface area contributed by atoms with Gasteiger partial charge in [-0.1, -0.05) is 6.92 Å². The van der Waals surface area contributed by atoms with E-state index in [0.717, 1.165) is 17.5 Å². The van der Waals surface area contributed by atoms with Gasteiger partial charge >= 0.3 is 0 Å². The van der Waals surface area contributed by atoms with Gasteiger partial charge in [0.1, 0.15) is 4.90 Å². The number of nitrogens with two attached hydrogens (primary N) is 1. The van der Waals surface area contributed by atoms with Gasteiger partial charge < -0.3 is 10.8 Å². The maximum Gasteiger partial charge on any atom is 0.242 e. The van der Waals surface area contributed by atoms with Crippen LogP contribution in [-0.2, 0) is 10.0 Å². The molecule has 0 heterocycles. The van der Waals surface area contributed by atoms with Crippen molar-refractivity contribution < 1.29 is 13.5 Å². The Morgan fingerprint density at radius 2 is 1.90 bits per heavy atom. The van der Waals surface area contributed by atoms with Crippen molar-refractivity contribution in [2.24, 2.45) is 5.92 Å². The molecule has 0 bridgehead atoms. The van der Waals surface area contributed by atoms with Gasteiger partial charge in [-0.05, 0) is 55.9 Å². The highest BCUT2D eigenvalue weighted by Crippen LogP contribution is 2.22. The van der Waals surface area contributed by atoms with Crippen LogP contribution < -0.4 is 10.5 Å². The highest BCUT2D eigenvalue weighted by atomic mass is 32.2. The molecule has 5 nitrogen and oxygen atoms in total. The molecule has 0 aliphatic heterocycles. The van der Waals surface area contributed by atoms with E-state index in [0.29, 0.717) is 13.0 Å². The molecule has 0 aromatic heterocycles. The molecular formula is C14H24N2O3S. The molecular weight excluding hydrogens is 276 g/mol. The molecule has 6 heteroatoms. The van der Waals surface area contributed by atoms with Gasteiger partial charge in [-0.25, -0.2) is 13.1 Å². The van der Waals surface area contributed by atoms with Crippen LogP contribution in [0.25, 0.3) is 0 Å². The Balaban J connectivity index is 2.72. The fourth-order valence-electron chi connectivity index (χ4n) is 1.87. The predicted octanol–water partition coefficient (Wildman–Crippen LogP) is 1.57. The van der Waals surface area contributed by atoms with E-state index in [1.807, 2.05) is 20.8 Å². The summed E-state index contributed by atoms with van der Waals surface area (Å²) in [5, 5.41) is 8.91. The fraction of sp³-hybridized carbons (Fsp3) is 0.571. The highest BCUT2D eigenvalue weighted by molar-refractivity contribution is 7.89. The molecule has 0 amide bonds. The Morgan fingerprint density at radius 3 is 2.50 bits per heavy atom. The van der Waals surface area contributed by atoms with Crippen LogP contribution in [0.1, 0.15) is 30.9 Å². The van der Waals surface area contributed by atoms with E-state index < -0.39 is 10.0 Å². The number of sulfonamides is 1. The molecule has 1 aromatic carbocycles. The van der Waals surface area contributed by atoms with Crippen LogP contribution in [0.3, 0.4) is 0 Å². The lowest BCUT2D eigenvalue weighted by atomic mass is 10.1. The van der Waals surface area contributed by atoms with Gasteiger partial charge in [0.2, 0.25) is 10.0 Å². The van der Waals surface area contributed by atoms with Crippen molar-refractivity contribution in [3.63, 3.8) is 0 Å². The standard InChI is InChI=1S/C14H24N2O3S/c1-10(9-17)5-4-6-16-20(18,19)14-8-12(3)11(2)7-13(14)15/h7-8,10,16-17H,4-6,9,15H2,1-3H3. The van der Waals surface area contributed by atoms with Crippen molar-refractivity contribution in [3.05, 3.63) is 23.3 Å². The normalized spacial score (nSPS) is 13.4. The Morgan fingerprint density at radius 1 is 1.30 bits per heavy atom. The van der Waals surface area contributed by atoms with Crippen molar-refractivity contribution in [2.75, 3.05) is 18.9 Å². The van der Waals surface area contributed by atoms with Gasteiger partial charge in [0.25, 0.3) is 0 Å². The second-order valence-corrected chi connectivity index (χ2v) is 7.04. The first-order valence-corrected chi connectivity index (χ1v) is 8.23. The molecule has 1 atom stereocenters. The van der Waals surface area contributed by atoms with E-state index in [1.54, 1.807) is 12.1 Å². The quantitative estimate of drug-likeness (QED) is 0.526. The Labute approximate surface area is 121 Å². The lowest BCUT2D eigenvalue weighted by Gasteiger charge is -2.12. The minimum absolute atomic E-state index is 0.122. The summed E-state index contributed by atoms with van der Waals surface area (Å²) in [4.78, 5) is 0.135. The third-order valence-corrected chi connectivity index (χ3v) is 4.91. The van der Waals surface area contributed by atoms with Gasteiger partial charge in [0.05, 0.1) is 5.69 Å². The monoisotopic (exact) mass is 300 g/mol. The second-order valence-electron chi connectivity index (χ2n) is 5.30. The van der Waals surface area contributed by atoms with E-state index in [4.69, 9.17) is 10.8 Å². The third-order valence-electron chi connectivity index (χ3n) is 3.39. The second kappa shape index (κ2) is 7.06. The number of aliphatic hydroxyl groups excluding tert-OH is 1. The zero-order chi connectivity index (χ0) is 15.3. The first kappa shape index (κ1) is 16.9. The molecule has 1 rings (SSSR count). The van der Waals surface area contributed by atoms with E-state index in [2.05, 4.69) is 4.72 Å². The Kier molecular flexibility index (Phi) is 5.98. The van der Waals surface area contributed by atoms with Crippen LogP contribution in [0.2, 0.25) is 0 Å². The van der Waals surface area contributed by atoms with Gasteiger partial charge in [0, 0.05) is 13.2 Å². The SMILES string of the molecule is Cc1cc(N)c(S(=O)(=O)NCCCC(C)CO)cc1C. The van der Waals surface area contributed by atoms with Crippen molar-refractivity contribution in [1.82, 2.24) is 4.72 Å². The van der Waals surface area contributed by atoms with Crippen LogP contribution in [0.4, 0.5) is 5.69 Å². The summed E-state index contributed by atoms with van der Waals surface area (Å²) in [7, 11) is -3.57. The van der Waals surface area contributed by atoms with Gasteiger partial charge in [-0.3, -0.25) is 0 Å². The molecule has 4 N–H and O–H groups in total. The number of benzene rings is 1. The summed E-state index contributed by atoms with van der Waals surface area (Å²) in [5.74, 6) is 0.186. The fourth-order valence-corrected chi connectivity index (χ4v) is 3.14. The van der Waals surface area contributed by atoms with Crippen LogP contribution >= 0.6 is 0 Å². The van der Waals surface area contributed by atoms with Gasteiger partial charge in [0.15, 0.2) is 0 Å². The van der Waals surface area contributed by atoms with Crippen LogP contribution in [-0.4, -0.2) is 26.7 Å². The summed E-state index contributed by atoms with van der Waals surface area (Å²) in [6.07, 6.45) is 1.47. The van der Waals surface area contributed by atoms with Crippen LogP contribution in [0.15, 0.2) is 17.0 Å². The minimum Gasteiger partial charge on any atom is -0.398 e. The van der Waals surface area contributed by atoms with Crippen molar-refractivity contribution in [2.45, 2.75) is 38.5 Å². The summed E-state index contributed by atoms with van der Waals surface area (Å²) < 4.78 is 26.9. The molecule has 0 spiro atoms. The molecule has 114 valence electrons. The highest BCUT2D eigenvalue weighted by Gasteiger charge is 2.18. The van der Waals surface area contributed by atoms with Gasteiger partial charge in [-0.15, -0.1) is 0 Å². The number of hydrogen-bond donors (Lipinski definition) is 3. The molecule has 0 saturated heterocycles. The summed E-state index contributed by atoms with van der Waals surface area (Å²) in [5.41, 5.74) is 7.93. The molecule has 0 saturated carbocycles. The zero-order valence-corrected chi connectivity index (χ0v) is 13.1. The number of nitrogens with one attached hydrogen (secondary N) is 1. The number of nitrogen functional groups attached to an aromatic ring is 1. The Bertz CT molecular complexity index is 556. The molecule has 0 aliphatic carbocycles. The first-order valence-electron chi connectivity index (χ1n) is 6.75. The van der Waals surface area contributed by atoms with Crippen molar-refractivity contribution in [3.8, 4) is 0 Å². The smallest absolute Gasteiger partial charge is 0.242 e. The zero-order valence-electron chi connectivity index (χ0n) is 12.3. The maximum absolute atomic E-state index is 12.2. The molecule has 0 aliphatic rings. The topological polar surface area (TPSA) is 92.4 Å². The van der Waals surface area contributed by atoms with E-state index >= 15 is 0 Å². The maximum atomic E-state index is 12.2. The van der Waals surface area contributed by atoms with E-state index in [1.165, 1.54) is 0 Å². The number of anilines is 1. The average Bonchev–Trinajstić information content (AvgIpc) is 2.38. The van der Waals surface area contributed by atoms with Crippen molar-refractivity contribution in [1.29, 1.82) is 0 Å². The lowest BCUT2D eigenvalue weighted by molar-refractivity contribution is 0.228. The van der Waals surface area contributed by atoms with Crippen LogP contribution in [0, 0.1) is 19.8 Å². The molecule has 0 fully saturated rings. The average molecular weight is 300 g/mol. The number of hydrogen-bond acceptors (Lipinski definition) is 4. The molecule has 1 unspecified atom stereocenters. The molecule has 1 aromatic rings. The molecule has 20 heavy (non-hydrogen) atoms. The Hall–Kier alpha value is -1.11. The van der Waals surface area contributed by atoms with Crippen molar-refractivity contribution >= 4 is 15.7 Å². The van der Waals surface area contributed by atoms with Gasteiger partial charge in [-0.2, -0.15) is 0 Å². The molecule has 0 radical (unpaired) electrons. The minimum atomic E-state index is -3.57. The summed E-state index contributed by atoms with van der Waals surface area (Å²) in [6, 6.07) is 3.28. The summed E-state index contributed by atoms with van der Waals surface area (Å²) >= 11 is 0. The third kappa shape index (κ3) is 4.47. The number of rotatable bonds is 7.